The molecule has 0 unspecified atom stereocenters. The van der Waals surface area contributed by atoms with Crippen LogP contribution in [0.2, 0.25) is 0 Å². The average Bonchev–Trinajstić information content (AvgIpc) is 3.64. The standard InChI is InChI=1S/C45H35B6N3S/c46-35-31(28-14-8-3-9-15-28)32-33-36(47)37(48)34(38(49)42(33)55-41(32)40(51)39(35)50)45-53-43(29-20-16-26(17-21-29)24-10-4-1-5-11-24)52-44(54-45)30-22-18-27(19-23-30)25-12-6-2-7-13-25/h1-23H,46-51H2. The number of thiophene rings is 1. The highest BCUT2D eigenvalue weighted by Crippen LogP contribution is 2.37. The lowest BCUT2D eigenvalue weighted by atomic mass is 9.66. The van der Waals surface area contributed by atoms with Crippen LogP contribution in [0.4, 0.5) is 0 Å². The molecule has 2 heterocycles. The molecule has 254 valence electrons. The van der Waals surface area contributed by atoms with Gasteiger partial charge in [0.05, 0.1) is 0 Å². The second kappa shape index (κ2) is 14.1. The number of nitrogens with zero attached hydrogens (tertiary/aromatic N) is 3. The summed E-state index contributed by atoms with van der Waals surface area (Å²) in [4.78, 5) is 15.7. The Morgan fingerprint density at radius 2 is 0.673 bits per heavy atom. The smallest absolute Gasteiger partial charge is 0.164 e. The summed E-state index contributed by atoms with van der Waals surface area (Å²) in [5, 5.41) is 2.70. The topological polar surface area (TPSA) is 38.7 Å². The third-order valence-electron chi connectivity index (χ3n) is 11.4. The van der Waals surface area contributed by atoms with E-state index in [0.29, 0.717) is 17.5 Å². The summed E-state index contributed by atoms with van der Waals surface area (Å²) in [5.74, 6) is 2.02. The fraction of sp³-hybridized carbons (Fsp3) is 0. The SMILES string of the molecule is Bc1c(B)c(-c2ccccc2)c2c(sc3c(B)c(-c4nc(-c5ccc(-c6ccccc6)cc5)nc(-c5ccc(-c6ccccc6)cc5)n4)c(B)c(B)c32)c1B. The molecular formula is C45H35B6N3S. The molecule has 0 bridgehead atoms. The highest BCUT2D eigenvalue weighted by atomic mass is 32.1. The van der Waals surface area contributed by atoms with Gasteiger partial charge in [0.25, 0.3) is 0 Å². The van der Waals surface area contributed by atoms with Crippen molar-refractivity contribution in [2.75, 3.05) is 0 Å². The van der Waals surface area contributed by atoms with E-state index in [2.05, 4.69) is 174 Å². The molecular weight excluding hydrogens is 679 g/mol. The largest absolute Gasteiger partial charge is 0.208 e. The first kappa shape index (κ1) is 34.9. The molecule has 3 nitrogen and oxygen atoms in total. The zero-order valence-electron chi connectivity index (χ0n) is 32.0. The van der Waals surface area contributed by atoms with Crippen LogP contribution < -0.4 is 32.8 Å². The van der Waals surface area contributed by atoms with Gasteiger partial charge >= 0.3 is 0 Å². The van der Waals surface area contributed by atoms with Crippen molar-refractivity contribution in [2.24, 2.45) is 0 Å². The fourth-order valence-corrected chi connectivity index (χ4v) is 9.51. The van der Waals surface area contributed by atoms with Crippen LogP contribution in [0.1, 0.15) is 0 Å². The van der Waals surface area contributed by atoms with Crippen molar-refractivity contribution in [3.8, 4) is 67.5 Å². The van der Waals surface area contributed by atoms with Crippen LogP contribution in [-0.4, -0.2) is 62.0 Å². The van der Waals surface area contributed by atoms with E-state index < -0.39 is 0 Å². The van der Waals surface area contributed by atoms with Crippen LogP contribution in [0.15, 0.2) is 140 Å². The Hall–Kier alpha value is -5.84. The van der Waals surface area contributed by atoms with Crippen LogP contribution in [0.5, 0.6) is 0 Å². The minimum atomic E-state index is 0.660. The first-order valence-electron chi connectivity index (χ1n) is 18.9. The van der Waals surface area contributed by atoms with Crippen LogP contribution >= 0.6 is 11.3 Å². The zero-order valence-corrected chi connectivity index (χ0v) is 32.8. The minimum absolute atomic E-state index is 0.660. The van der Waals surface area contributed by atoms with Crippen LogP contribution in [0.3, 0.4) is 0 Å². The predicted molar refractivity (Wildman–Crippen MR) is 254 cm³/mol. The van der Waals surface area contributed by atoms with E-state index in [1.165, 1.54) is 75.2 Å². The number of aromatic nitrogens is 3. The monoisotopic (exact) mass is 715 g/mol. The molecule has 0 aliphatic heterocycles. The summed E-state index contributed by atoms with van der Waals surface area (Å²) < 4.78 is 2.65. The minimum Gasteiger partial charge on any atom is -0.208 e. The van der Waals surface area contributed by atoms with Crippen LogP contribution in [0, 0.1) is 0 Å². The van der Waals surface area contributed by atoms with E-state index in [0.717, 1.165) is 27.8 Å². The maximum atomic E-state index is 5.28. The molecule has 2 aromatic heterocycles. The molecule has 0 aliphatic rings. The third kappa shape index (κ3) is 6.06. The Bertz CT molecular complexity index is 2800. The molecule has 0 saturated carbocycles. The van der Waals surface area contributed by atoms with E-state index in [9.17, 15) is 0 Å². The molecule has 9 aromatic rings. The van der Waals surface area contributed by atoms with Gasteiger partial charge in [0.15, 0.2) is 17.5 Å². The first-order chi connectivity index (χ1) is 26.8. The van der Waals surface area contributed by atoms with E-state index in [4.69, 9.17) is 15.0 Å². The molecule has 10 heteroatoms. The summed E-state index contributed by atoms with van der Waals surface area (Å²) >= 11 is 1.91. The number of fused-ring (bicyclic) bond motifs is 3. The molecule has 0 radical (unpaired) electrons. The molecule has 55 heavy (non-hydrogen) atoms. The highest BCUT2D eigenvalue weighted by Gasteiger charge is 2.24. The Labute approximate surface area is 331 Å². The maximum absolute atomic E-state index is 5.28. The lowest BCUT2D eigenvalue weighted by Gasteiger charge is -2.18. The van der Waals surface area contributed by atoms with Crippen molar-refractivity contribution < 1.29 is 0 Å². The van der Waals surface area contributed by atoms with Crippen molar-refractivity contribution in [3.63, 3.8) is 0 Å². The quantitative estimate of drug-likeness (QED) is 0.247. The van der Waals surface area contributed by atoms with E-state index >= 15 is 0 Å². The number of hydrogen-bond donors (Lipinski definition) is 0. The van der Waals surface area contributed by atoms with Gasteiger partial charge in [0, 0.05) is 31.5 Å². The van der Waals surface area contributed by atoms with Gasteiger partial charge in [-0.3, -0.25) is 0 Å². The highest BCUT2D eigenvalue weighted by molar-refractivity contribution is 7.28. The summed E-state index contributed by atoms with van der Waals surface area (Å²) in [5.41, 5.74) is 18.0. The normalized spacial score (nSPS) is 11.3. The van der Waals surface area contributed by atoms with Gasteiger partial charge in [-0.15, -0.1) is 11.3 Å². The van der Waals surface area contributed by atoms with Gasteiger partial charge in [-0.1, -0.05) is 172 Å². The van der Waals surface area contributed by atoms with E-state index in [1.807, 2.05) is 23.5 Å². The molecule has 0 saturated heterocycles. The molecule has 0 aliphatic carbocycles. The average molecular weight is 715 g/mol. The van der Waals surface area contributed by atoms with Gasteiger partial charge in [-0.25, -0.2) is 15.0 Å². The summed E-state index contributed by atoms with van der Waals surface area (Å²) in [6, 6.07) is 48.9. The lowest BCUT2D eigenvalue weighted by Crippen LogP contribution is -2.40. The van der Waals surface area contributed by atoms with E-state index in [-0.39, 0.29) is 0 Å². The maximum Gasteiger partial charge on any atom is 0.164 e. The second-order valence-corrected chi connectivity index (χ2v) is 15.6. The zero-order chi connectivity index (χ0) is 37.8. The Balaban J connectivity index is 1.26. The molecule has 0 fully saturated rings. The molecule has 9 rings (SSSR count). The van der Waals surface area contributed by atoms with Gasteiger partial charge in [-0.2, -0.15) is 0 Å². The molecule has 0 atom stereocenters. The molecule has 7 aromatic carbocycles. The Morgan fingerprint density at radius 3 is 1.16 bits per heavy atom. The van der Waals surface area contributed by atoms with Gasteiger partial charge in [-0.05, 0) is 38.8 Å². The predicted octanol–water partition coefficient (Wildman–Crippen LogP) is 1.79. The van der Waals surface area contributed by atoms with Crippen molar-refractivity contribution in [2.45, 2.75) is 0 Å². The second-order valence-electron chi connectivity index (χ2n) is 14.6. The van der Waals surface area contributed by atoms with Crippen LogP contribution in [0.25, 0.3) is 87.7 Å². The van der Waals surface area contributed by atoms with Gasteiger partial charge in [0.1, 0.15) is 47.1 Å². The van der Waals surface area contributed by atoms with Crippen molar-refractivity contribution in [1.82, 2.24) is 15.0 Å². The Morgan fingerprint density at radius 1 is 0.291 bits per heavy atom. The summed E-state index contributed by atoms with van der Waals surface area (Å²) in [6.07, 6.45) is 0. The van der Waals surface area contributed by atoms with Crippen molar-refractivity contribution >= 4 is 111 Å². The number of benzene rings is 7. The number of hydrogen-bond acceptors (Lipinski definition) is 4. The van der Waals surface area contributed by atoms with E-state index in [1.54, 1.807) is 0 Å². The molecule has 0 spiro atoms. The van der Waals surface area contributed by atoms with Crippen LogP contribution in [-0.2, 0) is 0 Å². The summed E-state index contributed by atoms with van der Waals surface area (Å²) in [7, 11) is 13.6. The number of rotatable bonds is 6. The van der Waals surface area contributed by atoms with Gasteiger partial charge in [0.2, 0.25) is 0 Å². The third-order valence-corrected chi connectivity index (χ3v) is 12.9. The van der Waals surface area contributed by atoms with Crippen molar-refractivity contribution in [3.05, 3.63) is 140 Å². The molecule has 0 amide bonds. The molecule has 0 N–H and O–H groups in total. The summed E-state index contributed by atoms with van der Waals surface area (Å²) in [6.45, 7) is 0. The first-order valence-corrected chi connectivity index (χ1v) is 19.7. The van der Waals surface area contributed by atoms with Crippen molar-refractivity contribution in [1.29, 1.82) is 0 Å². The lowest BCUT2D eigenvalue weighted by molar-refractivity contribution is 1.08. The van der Waals surface area contributed by atoms with Gasteiger partial charge < -0.3 is 0 Å². The fourth-order valence-electron chi connectivity index (χ4n) is 8.08. The Kier molecular flexibility index (Phi) is 8.95.